The molecule has 3 aliphatic rings. The zero-order chi connectivity index (χ0) is 17.2. The molecule has 5 heteroatoms. The second-order valence-corrected chi connectivity index (χ2v) is 8.01. The van der Waals surface area contributed by atoms with Gasteiger partial charge in [0.15, 0.2) is 0 Å². The molecule has 3 N–H and O–H groups in total. The molecule has 3 fully saturated rings. The number of hydrogen-bond acceptors (Lipinski definition) is 3. The van der Waals surface area contributed by atoms with Gasteiger partial charge < -0.3 is 15.7 Å². The fraction of sp³-hybridized carbons (Fsp3) is 0.650. The number of likely N-dealkylation sites (tertiary alicyclic amines) is 1. The number of benzene rings is 1. The predicted molar refractivity (Wildman–Crippen MR) is 97.0 cm³/mol. The Morgan fingerprint density at radius 3 is 2.48 bits per heavy atom. The van der Waals surface area contributed by atoms with Crippen LogP contribution in [0.25, 0.3) is 0 Å². The van der Waals surface area contributed by atoms with Crippen LogP contribution in [0.3, 0.4) is 0 Å². The van der Waals surface area contributed by atoms with Gasteiger partial charge >= 0.3 is 6.03 Å². The number of carbonyl (C=O) groups is 1. The maximum Gasteiger partial charge on any atom is 0.315 e. The van der Waals surface area contributed by atoms with Crippen LogP contribution >= 0.6 is 0 Å². The van der Waals surface area contributed by atoms with Crippen LogP contribution in [0.5, 0.6) is 0 Å². The van der Waals surface area contributed by atoms with Crippen LogP contribution in [-0.4, -0.2) is 47.3 Å². The molecule has 0 spiro atoms. The van der Waals surface area contributed by atoms with Gasteiger partial charge in [0.25, 0.3) is 0 Å². The van der Waals surface area contributed by atoms with E-state index in [2.05, 4.69) is 27.7 Å². The minimum atomic E-state index is -0.302. The summed E-state index contributed by atoms with van der Waals surface area (Å²) in [5.74, 6) is 1.42. The lowest BCUT2D eigenvalue weighted by molar-refractivity contribution is 0.172. The van der Waals surface area contributed by atoms with E-state index in [0.717, 1.165) is 13.0 Å². The molecule has 4 rings (SSSR count). The Morgan fingerprint density at radius 1 is 1.16 bits per heavy atom. The summed E-state index contributed by atoms with van der Waals surface area (Å²) < 4.78 is 0. The standard InChI is InChI=1S/C20H29N3O2/c24-18-10-17(23(13-18)12-14-4-2-1-3-5-14)11-21-20(25)22-19(15-6-7-15)16-8-9-16/h1-5,15-19,24H,6-13H2,(H2,21,22,25). The van der Waals surface area contributed by atoms with Crippen molar-refractivity contribution in [3.8, 4) is 0 Å². The lowest BCUT2D eigenvalue weighted by atomic mass is 10.1. The van der Waals surface area contributed by atoms with Crippen molar-refractivity contribution in [1.82, 2.24) is 15.5 Å². The third-order valence-electron chi connectivity index (χ3n) is 5.79. The lowest BCUT2D eigenvalue weighted by Crippen LogP contribution is -2.48. The molecule has 25 heavy (non-hydrogen) atoms. The summed E-state index contributed by atoms with van der Waals surface area (Å²) >= 11 is 0. The van der Waals surface area contributed by atoms with E-state index in [0.29, 0.717) is 31.0 Å². The summed E-state index contributed by atoms with van der Waals surface area (Å²) in [5, 5.41) is 16.3. The molecule has 0 radical (unpaired) electrons. The van der Waals surface area contributed by atoms with Crippen molar-refractivity contribution in [2.75, 3.05) is 13.1 Å². The second kappa shape index (κ2) is 7.34. The summed E-state index contributed by atoms with van der Waals surface area (Å²) in [7, 11) is 0. The first-order valence-corrected chi connectivity index (χ1v) is 9.69. The van der Waals surface area contributed by atoms with Gasteiger partial charge in [-0.2, -0.15) is 0 Å². The van der Waals surface area contributed by atoms with Gasteiger partial charge in [0.2, 0.25) is 0 Å². The number of nitrogens with zero attached hydrogens (tertiary/aromatic N) is 1. The molecule has 1 saturated heterocycles. The van der Waals surface area contributed by atoms with E-state index >= 15 is 0 Å². The van der Waals surface area contributed by atoms with Gasteiger partial charge in [-0.1, -0.05) is 30.3 Å². The Bertz CT molecular complexity index is 574. The van der Waals surface area contributed by atoms with Gasteiger partial charge in [0, 0.05) is 31.7 Å². The van der Waals surface area contributed by atoms with E-state index in [1.54, 1.807) is 0 Å². The third-order valence-corrected chi connectivity index (χ3v) is 5.79. The summed E-state index contributed by atoms with van der Waals surface area (Å²) in [6.07, 6.45) is 5.48. The van der Waals surface area contributed by atoms with E-state index in [4.69, 9.17) is 0 Å². The summed E-state index contributed by atoms with van der Waals surface area (Å²) in [4.78, 5) is 14.6. The van der Waals surface area contributed by atoms with Crippen LogP contribution in [-0.2, 0) is 6.54 Å². The zero-order valence-corrected chi connectivity index (χ0v) is 14.7. The number of rotatable bonds is 7. The molecule has 1 aromatic rings. The molecular weight excluding hydrogens is 314 g/mol. The summed E-state index contributed by atoms with van der Waals surface area (Å²) in [6.45, 7) is 2.09. The van der Waals surface area contributed by atoms with E-state index in [-0.39, 0.29) is 18.2 Å². The number of nitrogens with one attached hydrogen (secondary N) is 2. The third kappa shape index (κ3) is 4.53. The Balaban J connectivity index is 1.27. The number of β-amino-alcohol motifs (C(OH)–C–C–N with tert-alkyl or cyclic N) is 1. The number of urea groups is 1. The Labute approximate surface area is 149 Å². The van der Waals surface area contributed by atoms with Gasteiger partial charge in [0.1, 0.15) is 0 Å². The van der Waals surface area contributed by atoms with Crippen molar-refractivity contribution in [2.45, 2.75) is 56.8 Å². The molecule has 1 heterocycles. The fourth-order valence-electron chi connectivity index (χ4n) is 4.13. The minimum absolute atomic E-state index is 0.0372. The lowest BCUT2D eigenvalue weighted by Gasteiger charge is -2.25. The molecular formula is C20H29N3O2. The Kier molecular flexibility index (Phi) is 4.95. The van der Waals surface area contributed by atoms with Crippen LogP contribution in [0.2, 0.25) is 0 Å². The van der Waals surface area contributed by atoms with E-state index in [1.807, 2.05) is 18.2 Å². The van der Waals surface area contributed by atoms with Crippen LogP contribution in [0.1, 0.15) is 37.7 Å². The monoisotopic (exact) mass is 343 g/mol. The number of aliphatic hydroxyl groups excluding tert-OH is 1. The van der Waals surface area contributed by atoms with Crippen LogP contribution in [0.15, 0.2) is 30.3 Å². The van der Waals surface area contributed by atoms with Crippen LogP contribution < -0.4 is 10.6 Å². The minimum Gasteiger partial charge on any atom is -0.392 e. The molecule has 1 aromatic carbocycles. The highest BCUT2D eigenvalue weighted by atomic mass is 16.3. The number of amides is 2. The largest absolute Gasteiger partial charge is 0.392 e. The highest BCUT2D eigenvalue weighted by Crippen LogP contribution is 2.44. The van der Waals surface area contributed by atoms with Gasteiger partial charge in [-0.15, -0.1) is 0 Å². The van der Waals surface area contributed by atoms with E-state index < -0.39 is 0 Å². The molecule has 2 atom stereocenters. The van der Waals surface area contributed by atoms with E-state index in [9.17, 15) is 9.90 Å². The Morgan fingerprint density at radius 2 is 1.84 bits per heavy atom. The smallest absolute Gasteiger partial charge is 0.315 e. The van der Waals surface area contributed by atoms with E-state index in [1.165, 1.54) is 31.2 Å². The van der Waals surface area contributed by atoms with Crippen molar-refractivity contribution >= 4 is 6.03 Å². The van der Waals surface area contributed by atoms with Gasteiger partial charge in [0.05, 0.1) is 6.10 Å². The molecule has 2 unspecified atom stereocenters. The highest BCUT2D eigenvalue weighted by molar-refractivity contribution is 5.74. The predicted octanol–water partition coefficient (Wildman–Crippen LogP) is 2.11. The molecule has 1 aliphatic heterocycles. The average Bonchev–Trinajstić information content (AvgIpc) is 3.51. The Hall–Kier alpha value is -1.59. The summed E-state index contributed by atoms with van der Waals surface area (Å²) in [5.41, 5.74) is 1.24. The molecule has 0 bridgehead atoms. The molecule has 136 valence electrons. The number of hydrogen-bond donors (Lipinski definition) is 3. The van der Waals surface area contributed by atoms with Crippen LogP contribution in [0, 0.1) is 11.8 Å². The van der Waals surface area contributed by atoms with Crippen LogP contribution in [0.4, 0.5) is 4.79 Å². The van der Waals surface area contributed by atoms with Gasteiger partial charge in [-0.05, 0) is 49.5 Å². The van der Waals surface area contributed by atoms with Crippen molar-refractivity contribution in [1.29, 1.82) is 0 Å². The van der Waals surface area contributed by atoms with Crippen molar-refractivity contribution < 1.29 is 9.90 Å². The average molecular weight is 343 g/mol. The number of carbonyl (C=O) groups excluding carboxylic acids is 1. The maximum absolute atomic E-state index is 12.3. The SMILES string of the molecule is O=C(NCC1CC(O)CN1Cc1ccccc1)NC(C1CC1)C1CC1. The highest BCUT2D eigenvalue weighted by Gasteiger charge is 2.42. The van der Waals surface area contributed by atoms with Crippen molar-refractivity contribution in [3.63, 3.8) is 0 Å². The number of aliphatic hydroxyl groups is 1. The maximum atomic E-state index is 12.3. The molecule has 2 amide bonds. The summed E-state index contributed by atoms with van der Waals surface area (Å²) in [6, 6.07) is 10.9. The zero-order valence-electron chi connectivity index (χ0n) is 14.7. The fourth-order valence-corrected chi connectivity index (χ4v) is 4.13. The van der Waals surface area contributed by atoms with Gasteiger partial charge in [-0.3, -0.25) is 4.90 Å². The molecule has 2 aliphatic carbocycles. The molecule has 0 aromatic heterocycles. The first-order chi connectivity index (χ1) is 12.2. The topological polar surface area (TPSA) is 64.6 Å². The first-order valence-electron chi connectivity index (χ1n) is 9.69. The molecule has 5 nitrogen and oxygen atoms in total. The van der Waals surface area contributed by atoms with Crippen molar-refractivity contribution in [3.05, 3.63) is 35.9 Å². The normalized spacial score (nSPS) is 26.8. The quantitative estimate of drug-likeness (QED) is 0.710. The molecule has 2 saturated carbocycles. The first kappa shape index (κ1) is 16.9. The second-order valence-electron chi connectivity index (χ2n) is 8.01. The van der Waals surface area contributed by atoms with Crippen molar-refractivity contribution in [2.24, 2.45) is 11.8 Å². The van der Waals surface area contributed by atoms with Gasteiger partial charge in [-0.25, -0.2) is 4.79 Å².